The normalized spacial score (nSPS) is 10.9. The van der Waals surface area contributed by atoms with E-state index in [1.54, 1.807) is 24.3 Å². The summed E-state index contributed by atoms with van der Waals surface area (Å²) in [6, 6.07) is 14.9. The van der Waals surface area contributed by atoms with Crippen molar-refractivity contribution in [3.63, 3.8) is 0 Å². The van der Waals surface area contributed by atoms with Gasteiger partial charge in [-0.15, -0.1) is 0 Å². The van der Waals surface area contributed by atoms with Crippen LogP contribution in [0.5, 0.6) is 0 Å². The molecule has 0 aromatic heterocycles. The molecule has 0 unspecified atom stereocenters. The second-order valence-corrected chi connectivity index (χ2v) is 7.32. The summed E-state index contributed by atoms with van der Waals surface area (Å²) >= 11 is 0. The van der Waals surface area contributed by atoms with Gasteiger partial charge in [-0.3, -0.25) is 9.59 Å². The van der Waals surface area contributed by atoms with Crippen molar-refractivity contribution in [3.8, 4) is 0 Å². The molecule has 0 atom stereocenters. The van der Waals surface area contributed by atoms with E-state index in [2.05, 4.69) is 16.0 Å². The molecule has 0 aliphatic heterocycles. The zero-order valence-electron chi connectivity index (χ0n) is 15.8. The Bertz CT molecular complexity index is 762. The van der Waals surface area contributed by atoms with Crippen molar-refractivity contribution in [1.82, 2.24) is 5.32 Å². The van der Waals surface area contributed by atoms with Gasteiger partial charge in [-0.25, -0.2) is 0 Å². The van der Waals surface area contributed by atoms with Crippen LogP contribution < -0.4 is 16.0 Å². The van der Waals surface area contributed by atoms with Gasteiger partial charge in [0.1, 0.15) is 0 Å². The molecule has 0 heterocycles. The van der Waals surface area contributed by atoms with Crippen LogP contribution in [-0.2, 0) is 4.79 Å². The molecule has 0 saturated carbocycles. The van der Waals surface area contributed by atoms with E-state index in [0.717, 1.165) is 11.3 Å². The van der Waals surface area contributed by atoms with Crippen LogP contribution in [-0.4, -0.2) is 23.9 Å². The number of anilines is 2. The molecule has 26 heavy (non-hydrogen) atoms. The zero-order chi connectivity index (χ0) is 19.2. The number of carbonyl (C=O) groups is 2. The van der Waals surface area contributed by atoms with Crippen molar-refractivity contribution in [2.24, 2.45) is 0 Å². The van der Waals surface area contributed by atoms with Gasteiger partial charge in [-0.2, -0.15) is 0 Å². The first kappa shape index (κ1) is 19.5. The molecule has 5 nitrogen and oxygen atoms in total. The number of amides is 2. The summed E-state index contributed by atoms with van der Waals surface area (Å²) < 4.78 is 0. The fraction of sp³-hybridized carbons (Fsp3) is 0.333. The largest absolute Gasteiger partial charge is 0.384 e. The number of hydrogen-bond acceptors (Lipinski definition) is 3. The van der Waals surface area contributed by atoms with Crippen LogP contribution in [0.1, 0.15) is 43.1 Å². The number of rotatable bonds is 6. The smallest absolute Gasteiger partial charge is 0.251 e. The summed E-state index contributed by atoms with van der Waals surface area (Å²) in [5.74, 6) is -0.198. The molecule has 0 aliphatic carbocycles. The van der Waals surface area contributed by atoms with E-state index in [0.29, 0.717) is 24.2 Å². The third-order valence-corrected chi connectivity index (χ3v) is 3.73. The summed E-state index contributed by atoms with van der Waals surface area (Å²) in [6.45, 7) is 8.39. The number of benzene rings is 2. The Morgan fingerprint density at radius 2 is 1.62 bits per heavy atom. The van der Waals surface area contributed by atoms with Crippen molar-refractivity contribution >= 4 is 23.2 Å². The minimum atomic E-state index is -0.284. The molecule has 0 saturated heterocycles. The summed E-state index contributed by atoms with van der Waals surface area (Å²) in [6.07, 6.45) is 0.362. The second kappa shape index (κ2) is 8.52. The third kappa shape index (κ3) is 6.24. The highest BCUT2D eigenvalue weighted by Crippen LogP contribution is 2.14. The molecule has 0 bridgehead atoms. The lowest BCUT2D eigenvalue weighted by atomic mass is 10.1. The van der Waals surface area contributed by atoms with Crippen LogP contribution in [0.2, 0.25) is 0 Å². The van der Waals surface area contributed by atoms with E-state index < -0.39 is 0 Å². The zero-order valence-corrected chi connectivity index (χ0v) is 15.8. The van der Waals surface area contributed by atoms with Gasteiger partial charge in [0.05, 0.1) is 0 Å². The average molecular weight is 353 g/mol. The molecule has 0 radical (unpaired) electrons. The number of aryl methyl sites for hydroxylation is 1. The van der Waals surface area contributed by atoms with E-state index in [1.165, 1.54) is 0 Å². The van der Waals surface area contributed by atoms with E-state index in [9.17, 15) is 9.59 Å². The van der Waals surface area contributed by atoms with E-state index in [-0.39, 0.29) is 17.4 Å². The molecule has 0 aliphatic rings. The average Bonchev–Trinajstić information content (AvgIpc) is 2.55. The third-order valence-electron chi connectivity index (χ3n) is 3.73. The van der Waals surface area contributed by atoms with Gasteiger partial charge in [0.25, 0.3) is 5.91 Å². The van der Waals surface area contributed by atoms with Crippen molar-refractivity contribution in [1.29, 1.82) is 0 Å². The molecule has 2 rings (SSSR count). The molecule has 2 aromatic carbocycles. The Balaban J connectivity index is 1.82. The van der Waals surface area contributed by atoms with Crippen LogP contribution in [0.25, 0.3) is 0 Å². The Morgan fingerprint density at radius 3 is 2.23 bits per heavy atom. The van der Waals surface area contributed by atoms with Gasteiger partial charge < -0.3 is 16.0 Å². The first-order valence-corrected chi connectivity index (χ1v) is 8.76. The van der Waals surface area contributed by atoms with Gasteiger partial charge in [0, 0.05) is 35.4 Å². The topological polar surface area (TPSA) is 70.2 Å². The van der Waals surface area contributed by atoms with Crippen molar-refractivity contribution < 1.29 is 9.59 Å². The SMILES string of the molecule is Cc1ccccc1NCCC(=O)Nc1ccc(C(=O)NC(C)(C)C)cc1. The fourth-order valence-corrected chi connectivity index (χ4v) is 2.42. The lowest BCUT2D eigenvalue weighted by Crippen LogP contribution is -2.40. The van der Waals surface area contributed by atoms with Gasteiger partial charge >= 0.3 is 0 Å². The molecule has 2 amide bonds. The molecule has 3 N–H and O–H groups in total. The van der Waals surface area contributed by atoms with E-state index in [1.807, 2.05) is 52.0 Å². The number of para-hydroxylation sites is 1. The standard InChI is InChI=1S/C21H27N3O2/c1-15-7-5-6-8-18(15)22-14-13-19(25)23-17-11-9-16(10-12-17)20(26)24-21(2,3)4/h5-12,22H,13-14H2,1-4H3,(H,23,25)(H,24,26). The molecule has 5 heteroatoms. The highest BCUT2D eigenvalue weighted by atomic mass is 16.2. The summed E-state index contributed by atoms with van der Waals surface area (Å²) in [4.78, 5) is 24.2. The molecule has 2 aromatic rings. The summed E-state index contributed by atoms with van der Waals surface area (Å²) in [7, 11) is 0. The fourth-order valence-electron chi connectivity index (χ4n) is 2.42. The van der Waals surface area contributed by atoms with Crippen LogP contribution in [0, 0.1) is 6.92 Å². The Kier molecular flexibility index (Phi) is 6.39. The predicted molar refractivity (Wildman–Crippen MR) is 107 cm³/mol. The molecule has 138 valence electrons. The number of nitrogens with one attached hydrogen (secondary N) is 3. The maximum Gasteiger partial charge on any atom is 0.251 e. The van der Waals surface area contributed by atoms with Crippen LogP contribution in [0.15, 0.2) is 48.5 Å². The molecule has 0 fully saturated rings. The van der Waals surface area contributed by atoms with Crippen molar-refractivity contribution in [3.05, 3.63) is 59.7 Å². The highest BCUT2D eigenvalue weighted by Gasteiger charge is 2.15. The maximum absolute atomic E-state index is 12.1. The minimum absolute atomic E-state index is 0.0713. The minimum Gasteiger partial charge on any atom is -0.384 e. The highest BCUT2D eigenvalue weighted by molar-refractivity contribution is 5.96. The summed E-state index contributed by atoms with van der Waals surface area (Å²) in [5.41, 5.74) is 3.15. The van der Waals surface area contributed by atoms with Gasteiger partial charge in [-0.05, 0) is 63.6 Å². The predicted octanol–water partition coefficient (Wildman–Crippen LogP) is 3.96. The van der Waals surface area contributed by atoms with Crippen LogP contribution in [0.4, 0.5) is 11.4 Å². The Morgan fingerprint density at radius 1 is 0.962 bits per heavy atom. The number of carbonyl (C=O) groups excluding carboxylic acids is 2. The molecular weight excluding hydrogens is 326 g/mol. The van der Waals surface area contributed by atoms with Gasteiger partial charge in [0.2, 0.25) is 5.91 Å². The van der Waals surface area contributed by atoms with Crippen molar-refractivity contribution in [2.45, 2.75) is 39.7 Å². The van der Waals surface area contributed by atoms with Gasteiger partial charge in [-0.1, -0.05) is 18.2 Å². The summed E-state index contributed by atoms with van der Waals surface area (Å²) in [5, 5.41) is 9.02. The number of hydrogen-bond donors (Lipinski definition) is 3. The van der Waals surface area contributed by atoms with Crippen LogP contribution >= 0.6 is 0 Å². The first-order valence-electron chi connectivity index (χ1n) is 8.76. The van der Waals surface area contributed by atoms with Crippen LogP contribution in [0.3, 0.4) is 0 Å². The van der Waals surface area contributed by atoms with Gasteiger partial charge in [0.15, 0.2) is 0 Å². The van der Waals surface area contributed by atoms with E-state index in [4.69, 9.17) is 0 Å². The van der Waals surface area contributed by atoms with E-state index >= 15 is 0 Å². The second-order valence-electron chi connectivity index (χ2n) is 7.32. The lowest BCUT2D eigenvalue weighted by Gasteiger charge is -2.20. The molecule has 0 spiro atoms. The first-order chi connectivity index (χ1) is 12.2. The Labute approximate surface area is 155 Å². The Hall–Kier alpha value is -2.82. The quantitative estimate of drug-likeness (QED) is 0.736. The lowest BCUT2D eigenvalue weighted by molar-refractivity contribution is -0.115. The van der Waals surface area contributed by atoms with Crippen molar-refractivity contribution in [2.75, 3.05) is 17.2 Å². The monoisotopic (exact) mass is 353 g/mol. The molecular formula is C21H27N3O2. The maximum atomic E-state index is 12.1.